The van der Waals surface area contributed by atoms with Gasteiger partial charge in [0.25, 0.3) is 0 Å². The highest BCUT2D eigenvalue weighted by atomic mass is 16.1. The van der Waals surface area contributed by atoms with Crippen LogP contribution in [-0.4, -0.2) is 5.78 Å². The molecular weight excluding hydrogens is 208 g/mol. The standard InChI is InChI=1S/C16H22O/c1-13-9-11-15(12-10-13)16(17)8-4-7-14-5-2-3-6-14/h9-12,14H,2-8H2,1H3. The predicted octanol–water partition coefficient (Wildman–Crippen LogP) is 4.54. The minimum Gasteiger partial charge on any atom is -0.294 e. The van der Waals surface area contributed by atoms with E-state index >= 15 is 0 Å². The summed E-state index contributed by atoms with van der Waals surface area (Å²) in [5.74, 6) is 1.21. The molecule has 0 aromatic heterocycles. The van der Waals surface area contributed by atoms with Crippen LogP contribution in [0, 0.1) is 12.8 Å². The van der Waals surface area contributed by atoms with Crippen molar-refractivity contribution in [3.05, 3.63) is 35.4 Å². The quantitative estimate of drug-likeness (QED) is 0.679. The average molecular weight is 230 g/mol. The molecule has 1 heteroatoms. The Kier molecular flexibility index (Phi) is 4.36. The maximum atomic E-state index is 11.9. The molecule has 0 saturated heterocycles. The van der Waals surface area contributed by atoms with E-state index in [2.05, 4.69) is 0 Å². The molecule has 0 bridgehead atoms. The lowest BCUT2D eigenvalue weighted by Gasteiger charge is -2.07. The van der Waals surface area contributed by atoms with Crippen LogP contribution in [0.5, 0.6) is 0 Å². The molecule has 1 aliphatic carbocycles. The fourth-order valence-corrected chi connectivity index (χ4v) is 2.73. The molecule has 0 spiro atoms. The minimum absolute atomic E-state index is 0.308. The van der Waals surface area contributed by atoms with Gasteiger partial charge in [-0.15, -0.1) is 0 Å². The molecule has 0 heterocycles. The van der Waals surface area contributed by atoms with Gasteiger partial charge in [-0.05, 0) is 19.3 Å². The Hall–Kier alpha value is -1.11. The summed E-state index contributed by atoms with van der Waals surface area (Å²) in [4.78, 5) is 11.9. The van der Waals surface area contributed by atoms with E-state index in [0.29, 0.717) is 5.78 Å². The van der Waals surface area contributed by atoms with E-state index in [0.717, 1.165) is 24.3 Å². The minimum atomic E-state index is 0.308. The molecule has 1 saturated carbocycles. The number of rotatable bonds is 5. The maximum absolute atomic E-state index is 11.9. The summed E-state index contributed by atoms with van der Waals surface area (Å²) >= 11 is 0. The molecule has 1 nitrogen and oxygen atoms in total. The highest BCUT2D eigenvalue weighted by molar-refractivity contribution is 5.96. The van der Waals surface area contributed by atoms with E-state index < -0.39 is 0 Å². The first kappa shape index (κ1) is 12.3. The third kappa shape index (κ3) is 3.69. The van der Waals surface area contributed by atoms with Gasteiger partial charge in [-0.3, -0.25) is 4.79 Å². The third-order valence-corrected chi connectivity index (χ3v) is 3.86. The van der Waals surface area contributed by atoms with Crippen LogP contribution >= 0.6 is 0 Å². The molecule has 0 atom stereocenters. The lowest BCUT2D eigenvalue weighted by Crippen LogP contribution is -2.01. The van der Waals surface area contributed by atoms with Gasteiger partial charge in [-0.2, -0.15) is 0 Å². The van der Waals surface area contributed by atoms with Crippen molar-refractivity contribution in [3.63, 3.8) is 0 Å². The molecule has 2 rings (SSSR count). The van der Waals surface area contributed by atoms with Gasteiger partial charge in [0.15, 0.2) is 5.78 Å². The molecule has 1 aliphatic rings. The second-order valence-electron chi connectivity index (χ2n) is 5.33. The van der Waals surface area contributed by atoms with E-state index in [4.69, 9.17) is 0 Å². The molecule has 1 aromatic carbocycles. The number of hydrogen-bond acceptors (Lipinski definition) is 1. The normalized spacial score (nSPS) is 16.3. The summed E-state index contributed by atoms with van der Waals surface area (Å²) in [7, 11) is 0. The van der Waals surface area contributed by atoms with Crippen LogP contribution in [0.1, 0.15) is 60.9 Å². The van der Waals surface area contributed by atoms with E-state index in [-0.39, 0.29) is 0 Å². The summed E-state index contributed by atoms with van der Waals surface area (Å²) in [5.41, 5.74) is 2.09. The molecule has 0 unspecified atom stereocenters. The Labute approximate surface area is 104 Å². The Morgan fingerprint density at radius 1 is 1.18 bits per heavy atom. The van der Waals surface area contributed by atoms with Gasteiger partial charge in [0.05, 0.1) is 0 Å². The Balaban J connectivity index is 1.75. The van der Waals surface area contributed by atoms with Crippen molar-refractivity contribution >= 4 is 5.78 Å². The van der Waals surface area contributed by atoms with Crippen LogP contribution in [0.4, 0.5) is 0 Å². The first-order valence-corrected chi connectivity index (χ1v) is 6.85. The SMILES string of the molecule is Cc1ccc(C(=O)CCCC2CCCC2)cc1. The van der Waals surface area contributed by atoms with Crippen molar-refractivity contribution in [2.75, 3.05) is 0 Å². The van der Waals surface area contributed by atoms with E-state index in [1.54, 1.807) is 0 Å². The average Bonchev–Trinajstić information content (AvgIpc) is 2.83. The van der Waals surface area contributed by atoms with Gasteiger partial charge >= 0.3 is 0 Å². The lowest BCUT2D eigenvalue weighted by atomic mass is 9.97. The fourth-order valence-electron chi connectivity index (χ4n) is 2.73. The first-order chi connectivity index (χ1) is 8.25. The molecular formula is C16H22O. The van der Waals surface area contributed by atoms with Gasteiger partial charge in [0, 0.05) is 12.0 Å². The van der Waals surface area contributed by atoms with Crippen molar-refractivity contribution < 1.29 is 4.79 Å². The second-order valence-corrected chi connectivity index (χ2v) is 5.33. The van der Waals surface area contributed by atoms with Crippen molar-refractivity contribution in [2.45, 2.75) is 51.9 Å². The molecule has 92 valence electrons. The zero-order valence-corrected chi connectivity index (χ0v) is 10.7. The van der Waals surface area contributed by atoms with E-state index in [1.165, 1.54) is 37.7 Å². The molecule has 0 N–H and O–H groups in total. The summed E-state index contributed by atoms with van der Waals surface area (Å²) < 4.78 is 0. The number of aryl methyl sites for hydroxylation is 1. The molecule has 1 aromatic rings. The maximum Gasteiger partial charge on any atom is 0.162 e. The summed E-state index contributed by atoms with van der Waals surface area (Å²) in [6.07, 6.45) is 8.61. The Morgan fingerprint density at radius 2 is 1.82 bits per heavy atom. The number of ketones is 1. The number of carbonyl (C=O) groups is 1. The predicted molar refractivity (Wildman–Crippen MR) is 71.3 cm³/mol. The van der Waals surface area contributed by atoms with Crippen LogP contribution in [0.2, 0.25) is 0 Å². The molecule has 17 heavy (non-hydrogen) atoms. The van der Waals surface area contributed by atoms with Crippen molar-refractivity contribution in [1.29, 1.82) is 0 Å². The van der Waals surface area contributed by atoms with Gasteiger partial charge in [0.1, 0.15) is 0 Å². The zero-order chi connectivity index (χ0) is 12.1. The summed E-state index contributed by atoms with van der Waals surface area (Å²) in [5, 5.41) is 0. The van der Waals surface area contributed by atoms with Crippen LogP contribution in [0.25, 0.3) is 0 Å². The van der Waals surface area contributed by atoms with Gasteiger partial charge < -0.3 is 0 Å². The third-order valence-electron chi connectivity index (χ3n) is 3.86. The summed E-state index contributed by atoms with van der Waals surface area (Å²) in [6.45, 7) is 2.05. The number of hydrogen-bond donors (Lipinski definition) is 0. The number of Topliss-reactive ketones (excluding diaryl/α,β-unsaturated/α-hetero) is 1. The number of carbonyl (C=O) groups excluding carboxylic acids is 1. The Bertz CT molecular complexity index is 358. The van der Waals surface area contributed by atoms with Crippen LogP contribution in [0.15, 0.2) is 24.3 Å². The van der Waals surface area contributed by atoms with Crippen LogP contribution in [-0.2, 0) is 0 Å². The summed E-state index contributed by atoms with van der Waals surface area (Å²) in [6, 6.07) is 7.94. The monoisotopic (exact) mass is 230 g/mol. The van der Waals surface area contributed by atoms with Gasteiger partial charge in [-0.25, -0.2) is 0 Å². The Morgan fingerprint density at radius 3 is 2.47 bits per heavy atom. The van der Waals surface area contributed by atoms with Crippen LogP contribution in [0.3, 0.4) is 0 Å². The van der Waals surface area contributed by atoms with Gasteiger partial charge in [-0.1, -0.05) is 61.9 Å². The van der Waals surface area contributed by atoms with Crippen LogP contribution < -0.4 is 0 Å². The lowest BCUT2D eigenvalue weighted by molar-refractivity contribution is 0.0977. The van der Waals surface area contributed by atoms with Crippen molar-refractivity contribution in [3.8, 4) is 0 Å². The van der Waals surface area contributed by atoms with E-state index in [1.807, 2.05) is 31.2 Å². The molecule has 0 radical (unpaired) electrons. The van der Waals surface area contributed by atoms with Crippen molar-refractivity contribution in [2.24, 2.45) is 5.92 Å². The molecule has 1 fully saturated rings. The zero-order valence-electron chi connectivity index (χ0n) is 10.7. The fraction of sp³-hybridized carbons (Fsp3) is 0.562. The molecule has 0 aliphatic heterocycles. The first-order valence-electron chi connectivity index (χ1n) is 6.85. The smallest absolute Gasteiger partial charge is 0.162 e. The second kappa shape index (κ2) is 6.00. The number of benzene rings is 1. The highest BCUT2D eigenvalue weighted by Crippen LogP contribution is 2.29. The van der Waals surface area contributed by atoms with Gasteiger partial charge in [0.2, 0.25) is 0 Å². The largest absolute Gasteiger partial charge is 0.294 e. The topological polar surface area (TPSA) is 17.1 Å². The van der Waals surface area contributed by atoms with Crippen molar-refractivity contribution in [1.82, 2.24) is 0 Å². The highest BCUT2D eigenvalue weighted by Gasteiger charge is 2.15. The van der Waals surface area contributed by atoms with E-state index in [9.17, 15) is 4.79 Å². The molecule has 0 amide bonds.